The number of hydrogen-bond acceptors (Lipinski definition) is 1. The number of benzene rings is 3. The lowest BCUT2D eigenvalue weighted by Gasteiger charge is -2.01. The summed E-state index contributed by atoms with van der Waals surface area (Å²) in [6, 6.07) is 23.6. The SMILES string of the molecule is O=C(/C=C/c1c(-c2ccccc2)[nH]c2ccccc12)c1ccc(F)cc1. The van der Waals surface area contributed by atoms with Crippen molar-refractivity contribution in [1.82, 2.24) is 4.98 Å². The zero-order valence-corrected chi connectivity index (χ0v) is 13.9. The van der Waals surface area contributed by atoms with Crippen molar-refractivity contribution < 1.29 is 9.18 Å². The van der Waals surface area contributed by atoms with Crippen LogP contribution in [0.4, 0.5) is 4.39 Å². The molecule has 2 nitrogen and oxygen atoms in total. The van der Waals surface area contributed by atoms with Gasteiger partial charge in [0.25, 0.3) is 0 Å². The van der Waals surface area contributed by atoms with Gasteiger partial charge in [0.05, 0.1) is 5.69 Å². The third-order valence-corrected chi connectivity index (χ3v) is 4.34. The Labute approximate surface area is 150 Å². The Morgan fingerprint density at radius 3 is 2.31 bits per heavy atom. The van der Waals surface area contributed by atoms with Crippen molar-refractivity contribution in [3.8, 4) is 11.3 Å². The highest BCUT2D eigenvalue weighted by molar-refractivity contribution is 6.08. The predicted molar refractivity (Wildman–Crippen MR) is 103 cm³/mol. The highest BCUT2D eigenvalue weighted by Gasteiger charge is 2.11. The first-order chi connectivity index (χ1) is 12.7. The van der Waals surface area contributed by atoms with E-state index >= 15 is 0 Å². The van der Waals surface area contributed by atoms with Crippen LogP contribution in [0.15, 0.2) is 84.9 Å². The van der Waals surface area contributed by atoms with Gasteiger partial charge in [-0.05, 0) is 48.0 Å². The zero-order chi connectivity index (χ0) is 17.9. The molecular formula is C23H16FNO. The minimum Gasteiger partial charge on any atom is -0.354 e. The van der Waals surface area contributed by atoms with Crippen LogP contribution in [0.2, 0.25) is 0 Å². The number of halogens is 1. The van der Waals surface area contributed by atoms with Gasteiger partial charge in [0, 0.05) is 22.0 Å². The van der Waals surface area contributed by atoms with Crippen LogP contribution in [0.5, 0.6) is 0 Å². The van der Waals surface area contributed by atoms with Gasteiger partial charge in [0.2, 0.25) is 0 Å². The summed E-state index contributed by atoms with van der Waals surface area (Å²) in [4.78, 5) is 15.9. The van der Waals surface area contributed by atoms with Crippen molar-refractivity contribution in [2.75, 3.05) is 0 Å². The van der Waals surface area contributed by atoms with Gasteiger partial charge < -0.3 is 4.98 Å². The van der Waals surface area contributed by atoms with Crippen molar-refractivity contribution in [3.05, 3.63) is 102 Å². The quantitative estimate of drug-likeness (QED) is 0.365. The highest BCUT2D eigenvalue weighted by atomic mass is 19.1. The van der Waals surface area contributed by atoms with Gasteiger partial charge in [0.1, 0.15) is 5.82 Å². The number of H-pyrrole nitrogens is 1. The summed E-state index contributed by atoms with van der Waals surface area (Å²) >= 11 is 0. The summed E-state index contributed by atoms with van der Waals surface area (Å²) in [5, 5.41) is 1.05. The molecule has 4 aromatic rings. The number of carbonyl (C=O) groups is 1. The Morgan fingerprint density at radius 2 is 1.54 bits per heavy atom. The fourth-order valence-electron chi connectivity index (χ4n) is 3.04. The second-order valence-corrected chi connectivity index (χ2v) is 6.03. The van der Waals surface area contributed by atoms with E-state index in [1.54, 1.807) is 0 Å². The Bertz CT molecular complexity index is 1090. The average molecular weight is 341 g/mol. The van der Waals surface area contributed by atoms with Crippen LogP contribution in [-0.4, -0.2) is 10.8 Å². The number of aromatic nitrogens is 1. The van der Waals surface area contributed by atoms with E-state index in [0.29, 0.717) is 5.56 Å². The molecule has 0 spiro atoms. The molecule has 1 N–H and O–H groups in total. The van der Waals surface area contributed by atoms with Gasteiger partial charge in [-0.3, -0.25) is 4.79 Å². The fourth-order valence-corrected chi connectivity index (χ4v) is 3.04. The number of allylic oxidation sites excluding steroid dienone is 1. The van der Waals surface area contributed by atoms with Crippen molar-refractivity contribution >= 4 is 22.8 Å². The molecule has 0 unspecified atom stereocenters. The largest absolute Gasteiger partial charge is 0.354 e. The van der Waals surface area contributed by atoms with Crippen LogP contribution in [0.25, 0.3) is 28.2 Å². The number of fused-ring (bicyclic) bond motifs is 1. The fraction of sp³-hybridized carbons (Fsp3) is 0. The first-order valence-corrected chi connectivity index (χ1v) is 8.36. The Hall–Kier alpha value is -3.46. The molecule has 1 aromatic heterocycles. The molecule has 1 heterocycles. The number of para-hydroxylation sites is 1. The van der Waals surface area contributed by atoms with E-state index in [9.17, 15) is 9.18 Å². The van der Waals surface area contributed by atoms with Crippen LogP contribution in [0.1, 0.15) is 15.9 Å². The molecule has 0 aliphatic carbocycles. The summed E-state index contributed by atoms with van der Waals surface area (Å²) in [6.07, 6.45) is 3.36. The molecule has 0 amide bonds. The normalized spacial score (nSPS) is 11.3. The Balaban J connectivity index is 1.78. The summed E-state index contributed by atoms with van der Waals surface area (Å²) < 4.78 is 13.0. The van der Waals surface area contributed by atoms with E-state index in [-0.39, 0.29) is 11.6 Å². The molecule has 0 aliphatic rings. The minimum atomic E-state index is -0.353. The maximum atomic E-state index is 13.0. The molecule has 0 atom stereocenters. The monoisotopic (exact) mass is 341 g/mol. The third kappa shape index (κ3) is 3.07. The molecule has 4 rings (SSSR count). The van der Waals surface area contributed by atoms with E-state index in [1.165, 1.54) is 30.3 Å². The lowest BCUT2D eigenvalue weighted by atomic mass is 10.0. The molecule has 0 saturated heterocycles. The first kappa shape index (κ1) is 16.0. The van der Waals surface area contributed by atoms with E-state index in [0.717, 1.165) is 27.7 Å². The third-order valence-electron chi connectivity index (χ3n) is 4.34. The number of rotatable bonds is 4. The van der Waals surface area contributed by atoms with E-state index in [2.05, 4.69) is 4.98 Å². The summed E-state index contributed by atoms with van der Waals surface area (Å²) in [5.74, 6) is -0.511. The molecule has 0 radical (unpaired) electrons. The zero-order valence-electron chi connectivity index (χ0n) is 13.9. The average Bonchev–Trinajstić information content (AvgIpc) is 3.06. The first-order valence-electron chi connectivity index (χ1n) is 8.36. The lowest BCUT2D eigenvalue weighted by Crippen LogP contribution is -1.94. The molecule has 26 heavy (non-hydrogen) atoms. The van der Waals surface area contributed by atoms with Crippen LogP contribution in [0.3, 0.4) is 0 Å². The second-order valence-electron chi connectivity index (χ2n) is 6.03. The van der Waals surface area contributed by atoms with Gasteiger partial charge in [-0.1, -0.05) is 48.5 Å². The maximum absolute atomic E-state index is 13.0. The smallest absolute Gasteiger partial charge is 0.185 e. The lowest BCUT2D eigenvalue weighted by molar-refractivity contribution is 0.104. The summed E-state index contributed by atoms with van der Waals surface area (Å²) in [5.41, 5.74) is 4.46. The predicted octanol–water partition coefficient (Wildman–Crippen LogP) is 5.87. The number of hydrogen-bond donors (Lipinski definition) is 1. The van der Waals surface area contributed by atoms with Crippen LogP contribution >= 0.6 is 0 Å². The van der Waals surface area contributed by atoms with E-state index in [4.69, 9.17) is 0 Å². The number of ketones is 1. The standard InChI is InChI=1S/C23H16FNO/c24-18-12-10-16(11-13-18)22(26)15-14-20-19-8-4-5-9-21(19)25-23(20)17-6-2-1-3-7-17/h1-15,25H/b15-14+. The van der Waals surface area contributed by atoms with Crippen molar-refractivity contribution in [1.29, 1.82) is 0 Å². The van der Waals surface area contributed by atoms with E-state index in [1.807, 2.05) is 60.7 Å². The molecule has 0 bridgehead atoms. The van der Waals surface area contributed by atoms with Gasteiger partial charge in [-0.15, -0.1) is 0 Å². The molecule has 0 saturated carbocycles. The number of carbonyl (C=O) groups excluding carboxylic acids is 1. The van der Waals surface area contributed by atoms with Crippen molar-refractivity contribution in [3.63, 3.8) is 0 Å². The Morgan fingerprint density at radius 1 is 0.846 bits per heavy atom. The molecule has 126 valence electrons. The number of aromatic amines is 1. The molecule has 3 aromatic carbocycles. The molecule has 0 fully saturated rings. The summed E-state index contributed by atoms with van der Waals surface area (Å²) in [7, 11) is 0. The molecule has 3 heteroatoms. The van der Waals surface area contributed by atoms with Crippen LogP contribution in [0, 0.1) is 5.82 Å². The van der Waals surface area contributed by atoms with E-state index < -0.39 is 0 Å². The maximum Gasteiger partial charge on any atom is 0.185 e. The van der Waals surface area contributed by atoms with Crippen LogP contribution in [-0.2, 0) is 0 Å². The van der Waals surface area contributed by atoms with Crippen molar-refractivity contribution in [2.24, 2.45) is 0 Å². The van der Waals surface area contributed by atoms with Crippen molar-refractivity contribution in [2.45, 2.75) is 0 Å². The van der Waals surface area contributed by atoms with Gasteiger partial charge >= 0.3 is 0 Å². The second kappa shape index (κ2) is 6.81. The number of nitrogens with one attached hydrogen (secondary N) is 1. The van der Waals surface area contributed by atoms with Gasteiger partial charge in [-0.25, -0.2) is 4.39 Å². The highest BCUT2D eigenvalue weighted by Crippen LogP contribution is 2.31. The Kier molecular flexibility index (Phi) is 4.20. The molecular weight excluding hydrogens is 325 g/mol. The van der Waals surface area contributed by atoms with Gasteiger partial charge in [0.15, 0.2) is 5.78 Å². The van der Waals surface area contributed by atoms with Gasteiger partial charge in [-0.2, -0.15) is 0 Å². The topological polar surface area (TPSA) is 32.9 Å². The summed E-state index contributed by atoms with van der Waals surface area (Å²) in [6.45, 7) is 0. The minimum absolute atomic E-state index is 0.158. The molecule has 0 aliphatic heterocycles. The van der Waals surface area contributed by atoms with Crippen LogP contribution < -0.4 is 0 Å².